The van der Waals surface area contributed by atoms with E-state index in [1.165, 1.54) is 5.56 Å². The summed E-state index contributed by atoms with van der Waals surface area (Å²) in [5.41, 5.74) is 3.14. The SMILES string of the molecule is COc1cc(C)nc(CN[C@@H](C)c2ccc(Cl)cc2)c1. The van der Waals surface area contributed by atoms with E-state index in [9.17, 15) is 0 Å². The fraction of sp³-hybridized carbons (Fsp3) is 0.312. The van der Waals surface area contributed by atoms with Gasteiger partial charge in [-0.05, 0) is 31.5 Å². The Bertz CT molecular complexity index is 569. The predicted molar refractivity (Wildman–Crippen MR) is 82.2 cm³/mol. The number of nitrogens with zero attached hydrogens (tertiary/aromatic N) is 1. The van der Waals surface area contributed by atoms with Crippen LogP contribution in [0, 0.1) is 6.92 Å². The van der Waals surface area contributed by atoms with Gasteiger partial charge in [0.15, 0.2) is 0 Å². The van der Waals surface area contributed by atoms with Crippen molar-refractivity contribution in [3.63, 3.8) is 0 Å². The molecule has 20 heavy (non-hydrogen) atoms. The summed E-state index contributed by atoms with van der Waals surface area (Å²) in [6, 6.07) is 12.0. The third kappa shape index (κ3) is 3.95. The molecule has 0 spiro atoms. The number of hydrogen-bond donors (Lipinski definition) is 1. The third-order valence-electron chi connectivity index (χ3n) is 3.18. The number of rotatable bonds is 5. The highest BCUT2D eigenvalue weighted by molar-refractivity contribution is 6.30. The summed E-state index contributed by atoms with van der Waals surface area (Å²) in [5, 5.41) is 4.21. The minimum absolute atomic E-state index is 0.237. The Morgan fingerprint density at radius 1 is 1.25 bits per heavy atom. The molecule has 0 bridgehead atoms. The molecule has 0 saturated carbocycles. The first-order valence-corrected chi connectivity index (χ1v) is 6.96. The number of benzene rings is 1. The Hall–Kier alpha value is -1.58. The zero-order valence-electron chi connectivity index (χ0n) is 12.0. The van der Waals surface area contributed by atoms with Crippen molar-refractivity contribution in [1.82, 2.24) is 10.3 Å². The van der Waals surface area contributed by atoms with Crippen LogP contribution in [0.1, 0.15) is 29.9 Å². The van der Waals surface area contributed by atoms with Gasteiger partial charge in [0.05, 0.1) is 12.8 Å². The zero-order chi connectivity index (χ0) is 14.5. The van der Waals surface area contributed by atoms with Crippen LogP contribution in [0.3, 0.4) is 0 Å². The van der Waals surface area contributed by atoms with Gasteiger partial charge in [-0.1, -0.05) is 23.7 Å². The van der Waals surface area contributed by atoms with Gasteiger partial charge in [-0.15, -0.1) is 0 Å². The maximum Gasteiger partial charge on any atom is 0.122 e. The lowest BCUT2D eigenvalue weighted by Gasteiger charge is -2.14. The molecule has 0 radical (unpaired) electrons. The summed E-state index contributed by atoms with van der Waals surface area (Å²) in [7, 11) is 1.67. The molecule has 2 rings (SSSR count). The summed E-state index contributed by atoms with van der Waals surface area (Å²) < 4.78 is 5.26. The van der Waals surface area contributed by atoms with Crippen LogP contribution < -0.4 is 10.1 Å². The van der Waals surface area contributed by atoms with Gasteiger partial charge in [0.2, 0.25) is 0 Å². The van der Waals surface area contributed by atoms with E-state index >= 15 is 0 Å². The van der Waals surface area contributed by atoms with Crippen LogP contribution in [-0.4, -0.2) is 12.1 Å². The monoisotopic (exact) mass is 290 g/mol. The minimum Gasteiger partial charge on any atom is -0.497 e. The van der Waals surface area contributed by atoms with Crippen LogP contribution in [0.15, 0.2) is 36.4 Å². The van der Waals surface area contributed by atoms with Crippen molar-refractivity contribution in [1.29, 1.82) is 0 Å². The van der Waals surface area contributed by atoms with Crippen molar-refractivity contribution in [2.24, 2.45) is 0 Å². The van der Waals surface area contributed by atoms with Gasteiger partial charge in [-0.25, -0.2) is 0 Å². The number of ether oxygens (including phenoxy) is 1. The number of aromatic nitrogens is 1. The molecular formula is C16H19ClN2O. The average Bonchev–Trinajstić information content (AvgIpc) is 2.45. The van der Waals surface area contributed by atoms with Gasteiger partial charge in [0.1, 0.15) is 5.75 Å². The van der Waals surface area contributed by atoms with Crippen LogP contribution in [0.4, 0.5) is 0 Å². The molecule has 0 aliphatic carbocycles. The molecule has 0 aliphatic heterocycles. The van der Waals surface area contributed by atoms with Gasteiger partial charge in [0.25, 0.3) is 0 Å². The number of hydrogen-bond acceptors (Lipinski definition) is 3. The van der Waals surface area contributed by atoms with Crippen LogP contribution in [-0.2, 0) is 6.54 Å². The minimum atomic E-state index is 0.237. The molecule has 4 heteroatoms. The topological polar surface area (TPSA) is 34.1 Å². The van der Waals surface area contributed by atoms with Crippen molar-refractivity contribution in [2.45, 2.75) is 26.4 Å². The number of aryl methyl sites for hydroxylation is 1. The first-order chi connectivity index (χ1) is 9.58. The second kappa shape index (κ2) is 6.73. The normalized spacial score (nSPS) is 12.2. The fourth-order valence-corrected chi connectivity index (χ4v) is 2.16. The molecule has 0 amide bonds. The van der Waals surface area contributed by atoms with E-state index in [1.807, 2.05) is 43.3 Å². The Labute approximate surface area is 124 Å². The van der Waals surface area contributed by atoms with Gasteiger partial charge < -0.3 is 10.1 Å². The van der Waals surface area contributed by atoms with E-state index in [-0.39, 0.29) is 6.04 Å². The highest BCUT2D eigenvalue weighted by Gasteiger charge is 2.06. The standard InChI is InChI=1S/C16H19ClN2O/c1-11-8-16(20-3)9-15(19-11)10-18-12(2)13-4-6-14(17)7-5-13/h4-9,12,18H,10H2,1-3H3/t12-/m0/s1. The van der Waals surface area contributed by atoms with Gasteiger partial charge in [0, 0.05) is 35.4 Å². The van der Waals surface area contributed by atoms with Crippen molar-refractivity contribution < 1.29 is 4.74 Å². The molecule has 0 fully saturated rings. The molecule has 106 valence electrons. The highest BCUT2D eigenvalue weighted by Crippen LogP contribution is 2.17. The molecular weight excluding hydrogens is 272 g/mol. The Morgan fingerprint density at radius 3 is 2.60 bits per heavy atom. The summed E-state index contributed by atoms with van der Waals surface area (Å²) >= 11 is 5.90. The summed E-state index contributed by atoms with van der Waals surface area (Å²) in [6.45, 7) is 4.78. The van der Waals surface area contributed by atoms with Crippen molar-refractivity contribution in [3.8, 4) is 5.75 Å². The van der Waals surface area contributed by atoms with Crippen molar-refractivity contribution in [3.05, 3.63) is 58.4 Å². The van der Waals surface area contributed by atoms with E-state index in [1.54, 1.807) is 7.11 Å². The van der Waals surface area contributed by atoms with E-state index in [0.717, 1.165) is 22.2 Å². The first kappa shape index (κ1) is 14.8. The molecule has 1 aromatic heterocycles. The van der Waals surface area contributed by atoms with Crippen LogP contribution >= 0.6 is 11.6 Å². The third-order valence-corrected chi connectivity index (χ3v) is 3.43. The molecule has 0 saturated heterocycles. The van der Waals surface area contributed by atoms with Crippen molar-refractivity contribution in [2.75, 3.05) is 7.11 Å². The fourth-order valence-electron chi connectivity index (χ4n) is 2.04. The second-order valence-corrected chi connectivity index (χ2v) is 5.23. The summed E-state index contributed by atoms with van der Waals surface area (Å²) in [5.74, 6) is 0.841. The maximum atomic E-state index is 5.90. The number of halogens is 1. The van der Waals surface area contributed by atoms with Crippen molar-refractivity contribution >= 4 is 11.6 Å². The average molecular weight is 291 g/mol. The van der Waals surface area contributed by atoms with Gasteiger partial charge in [-0.3, -0.25) is 4.98 Å². The summed E-state index contributed by atoms with van der Waals surface area (Å²) in [6.07, 6.45) is 0. The van der Waals surface area contributed by atoms with Gasteiger partial charge >= 0.3 is 0 Å². The maximum absolute atomic E-state index is 5.90. The number of pyridine rings is 1. The van der Waals surface area contributed by atoms with E-state index in [0.29, 0.717) is 6.54 Å². The van der Waals surface area contributed by atoms with E-state index < -0.39 is 0 Å². The Morgan fingerprint density at radius 2 is 1.95 bits per heavy atom. The Balaban J connectivity index is 2.01. The quantitative estimate of drug-likeness (QED) is 0.907. The lowest BCUT2D eigenvalue weighted by molar-refractivity contribution is 0.412. The number of nitrogens with one attached hydrogen (secondary N) is 1. The highest BCUT2D eigenvalue weighted by atomic mass is 35.5. The number of methoxy groups -OCH3 is 1. The largest absolute Gasteiger partial charge is 0.497 e. The van der Waals surface area contributed by atoms with Crippen LogP contribution in [0.2, 0.25) is 5.02 Å². The second-order valence-electron chi connectivity index (χ2n) is 4.79. The predicted octanol–water partition coefficient (Wildman–Crippen LogP) is 3.90. The molecule has 1 aromatic carbocycles. The summed E-state index contributed by atoms with van der Waals surface area (Å²) in [4.78, 5) is 4.50. The smallest absolute Gasteiger partial charge is 0.122 e. The van der Waals surface area contributed by atoms with E-state index in [4.69, 9.17) is 16.3 Å². The van der Waals surface area contributed by atoms with Crippen LogP contribution in [0.25, 0.3) is 0 Å². The Kier molecular flexibility index (Phi) is 4.99. The molecule has 3 nitrogen and oxygen atoms in total. The van der Waals surface area contributed by atoms with Gasteiger partial charge in [-0.2, -0.15) is 0 Å². The molecule has 0 unspecified atom stereocenters. The molecule has 2 aromatic rings. The molecule has 1 atom stereocenters. The lowest BCUT2D eigenvalue weighted by Crippen LogP contribution is -2.19. The van der Waals surface area contributed by atoms with E-state index in [2.05, 4.69) is 17.2 Å². The van der Waals surface area contributed by atoms with Crippen LogP contribution in [0.5, 0.6) is 5.75 Å². The lowest BCUT2D eigenvalue weighted by atomic mass is 10.1. The molecule has 0 aliphatic rings. The zero-order valence-corrected chi connectivity index (χ0v) is 12.7. The first-order valence-electron chi connectivity index (χ1n) is 6.59. The molecule has 1 N–H and O–H groups in total. The molecule has 1 heterocycles.